The third-order valence-corrected chi connectivity index (χ3v) is 3.62. The smallest absolute Gasteiger partial charge is 0.376 e. The van der Waals surface area contributed by atoms with Crippen LogP contribution in [0.2, 0.25) is 0 Å². The molecule has 1 aliphatic rings. The Balaban J connectivity index is 1.60. The van der Waals surface area contributed by atoms with Gasteiger partial charge in [0.2, 0.25) is 0 Å². The van der Waals surface area contributed by atoms with E-state index < -0.39 is 10.8 Å². The van der Waals surface area contributed by atoms with Crippen molar-refractivity contribution in [2.45, 2.75) is 32.4 Å². The molecular formula is C13H16N6O5. The van der Waals surface area contributed by atoms with E-state index in [-0.39, 0.29) is 30.2 Å². The molecule has 0 radical (unpaired) electrons. The summed E-state index contributed by atoms with van der Waals surface area (Å²) in [5, 5.41) is 20.9. The molecule has 11 nitrogen and oxygen atoms in total. The molecule has 1 unspecified atom stereocenters. The minimum atomic E-state index is -0.580. The fourth-order valence-electron chi connectivity index (χ4n) is 2.37. The highest BCUT2D eigenvalue weighted by Crippen LogP contribution is 2.13. The Morgan fingerprint density at radius 3 is 3.08 bits per heavy atom. The molecule has 0 aliphatic carbocycles. The molecule has 1 aliphatic heterocycles. The van der Waals surface area contributed by atoms with E-state index in [2.05, 4.69) is 20.6 Å². The van der Waals surface area contributed by atoms with Crippen molar-refractivity contribution in [3.05, 3.63) is 33.6 Å². The van der Waals surface area contributed by atoms with Crippen LogP contribution in [0.4, 0.5) is 5.82 Å². The van der Waals surface area contributed by atoms with Crippen LogP contribution in [-0.4, -0.2) is 50.0 Å². The van der Waals surface area contributed by atoms with Gasteiger partial charge in [-0.25, -0.2) is 0 Å². The molecule has 0 saturated carbocycles. The first kappa shape index (κ1) is 16.1. The van der Waals surface area contributed by atoms with Gasteiger partial charge in [-0.1, -0.05) is 5.16 Å². The molecule has 1 N–H and O–H groups in total. The largest absolute Gasteiger partial charge is 0.390 e. The fourth-order valence-corrected chi connectivity index (χ4v) is 2.37. The Morgan fingerprint density at radius 1 is 1.58 bits per heavy atom. The van der Waals surface area contributed by atoms with E-state index in [0.717, 1.165) is 12.8 Å². The van der Waals surface area contributed by atoms with Gasteiger partial charge in [-0.2, -0.15) is 9.67 Å². The highest BCUT2D eigenvalue weighted by atomic mass is 16.6. The Kier molecular flexibility index (Phi) is 4.51. The van der Waals surface area contributed by atoms with Gasteiger partial charge in [0.15, 0.2) is 5.82 Å². The number of nitro groups is 1. The number of ether oxygens (including phenoxy) is 1. The maximum atomic E-state index is 12.0. The Bertz CT molecular complexity index is 748. The van der Waals surface area contributed by atoms with E-state index in [4.69, 9.17) is 9.26 Å². The van der Waals surface area contributed by atoms with Gasteiger partial charge in [-0.05, 0) is 24.7 Å². The molecule has 1 saturated heterocycles. The molecule has 0 spiro atoms. The van der Waals surface area contributed by atoms with Gasteiger partial charge in [0.05, 0.1) is 23.0 Å². The number of nitrogens with one attached hydrogen (secondary N) is 1. The van der Waals surface area contributed by atoms with Crippen LogP contribution >= 0.6 is 0 Å². The van der Waals surface area contributed by atoms with E-state index in [1.807, 2.05) is 0 Å². The lowest BCUT2D eigenvalue weighted by Gasteiger charge is -2.08. The highest BCUT2D eigenvalue weighted by Gasteiger charge is 2.21. The van der Waals surface area contributed by atoms with E-state index >= 15 is 0 Å². The van der Waals surface area contributed by atoms with Gasteiger partial charge < -0.3 is 24.7 Å². The van der Waals surface area contributed by atoms with Crippen LogP contribution in [0.25, 0.3) is 0 Å². The summed E-state index contributed by atoms with van der Waals surface area (Å²) in [5.41, 5.74) is 0.580. The van der Waals surface area contributed by atoms with E-state index in [0.29, 0.717) is 18.8 Å². The summed E-state index contributed by atoms with van der Waals surface area (Å²) in [6.07, 6.45) is 1.91. The number of nitrogens with zero attached hydrogens (tertiary/aromatic N) is 5. The number of carbonyl (C=O) groups is 1. The van der Waals surface area contributed by atoms with Gasteiger partial charge in [-0.15, -0.1) is 0 Å². The second kappa shape index (κ2) is 6.74. The second-order valence-corrected chi connectivity index (χ2v) is 5.42. The van der Waals surface area contributed by atoms with Crippen molar-refractivity contribution in [1.29, 1.82) is 0 Å². The number of hydrogen-bond donors (Lipinski definition) is 1. The molecule has 1 atom stereocenters. The van der Waals surface area contributed by atoms with Crippen molar-refractivity contribution >= 4 is 11.7 Å². The molecule has 3 rings (SSSR count). The third kappa shape index (κ3) is 3.56. The molecule has 2 aromatic rings. The quantitative estimate of drug-likeness (QED) is 0.592. The standard InChI is InChI=1S/C13H16N6O5/c1-8-5-11(19(21)22)16-18(8)7-10-15-13(24-17-10)12(20)14-6-9-3-2-4-23-9/h5,9H,2-4,6-7H2,1H3,(H,14,20). The van der Waals surface area contributed by atoms with Crippen LogP contribution in [0.3, 0.4) is 0 Å². The monoisotopic (exact) mass is 336 g/mol. The lowest BCUT2D eigenvalue weighted by molar-refractivity contribution is -0.389. The Hall–Kier alpha value is -2.82. The summed E-state index contributed by atoms with van der Waals surface area (Å²) < 4.78 is 11.7. The molecular weight excluding hydrogens is 320 g/mol. The predicted octanol–water partition coefficient (Wildman–Crippen LogP) is 0.440. The molecule has 1 amide bonds. The third-order valence-electron chi connectivity index (χ3n) is 3.62. The highest BCUT2D eigenvalue weighted by molar-refractivity contribution is 5.89. The summed E-state index contributed by atoms with van der Waals surface area (Å²) >= 11 is 0. The zero-order chi connectivity index (χ0) is 17.1. The molecule has 1 fully saturated rings. The summed E-state index contributed by atoms with van der Waals surface area (Å²) in [4.78, 5) is 26.1. The minimum Gasteiger partial charge on any atom is -0.376 e. The molecule has 3 heterocycles. The summed E-state index contributed by atoms with van der Waals surface area (Å²) in [6, 6.07) is 1.34. The number of aromatic nitrogens is 4. The van der Waals surface area contributed by atoms with E-state index in [1.165, 1.54) is 10.7 Å². The summed E-state index contributed by atoms with van der Waals surface area (Å²) in [7, 11) is 0. The normalized spacial score (nSPS) is 17.1. The number of carbonyl (C=O) groups excluding carboxylic acids is 1. The van der Waals surface area contributed by atoms with Crippen LogP contribution in [0.15, 0.2) is 10.6 Å². The summed E-state index contributed by atoms with van der Waals surface area (Å²) in [5.74, 6) is -0.696. The first-order valence-corrected chi connectivity index (χ1v) is 7.44. The SMILES string of the molecule is Cc1cc([N+](=O)[O-])nn1Cc1noc(C(=O)NCC2CCCO2)n1. The zero-order valence-electron chi connectivity index (χ0n) is 13.0. The van der Waals surface area contributed by atoms with Gasteiger partial charge >= 0.3 is 17.6 Å². The van der Waals surface area contributed by atoms with Gasteiger partial charge in [-0.3, -0.25) is 4.79 Å². The topological polar surface area (TPSA) is 138 Å². The average molecular weight is 336 g/mol. The Labute approximate surface area is 136 Å². The van der Waals surface area contributed by atoms with Gasteiger partial charge in [0, 0.05) is 13.2 Å². The zero-order valence-corrected chi connectivity index (χ0v) is 13.0. The first-order valence-electron chi connectivity index (χ1n) is 7.44. The molecule has 11 heteroatoms. The van der Waals surface area contributed by atoms with Crippen LogP contribution in [-0.2, 0) is 11.3 Å². The molecule has 0 bridgehead atoms. The van der Waals surface area contributed by atoms with Crippen LogP contribution in [0.5, 0.6) is 0 Å². The van der Waals surface area contributed by atoms with E-state index in [9.17, 15) is 14.9 Å². The van der Waals surface area contributed by atoms with Crippen molar-refractivity contribution in [2.24, 2.45) is 0 Å². The number of amides is 1. The molecule has 0 aromatic carbocycles. The second-order valence-electron chi connectivity index (χ2n) is 5.42. The van der Waals surface area contributed by atoms with Gasteiger partial charge in [0.25, 0.3) is 0 Å². The van der Waals surface area contributed by atoms with E-state index in [1.54, 1.807) is 6.92 Å². The van der Waals surface area contributed by atoms with Crippen LogP contribution in [0, 0.1) is 17.0 Å². The van der Waals surface area contributed by atoms with Crippen molar-refractivity contribution in [1.82, 2.24) is 25.2 Å². The van der Waals surface area contributed by atoms with Crippen molar-refractivity contribution < 1.29 is 19.0 Å². The summed E-state index contributed by atoms with van der Waals surface area (Å²) in [6.45, 7) is 2.85. The number of aryl methyl sites for hydroxylation is 1. The lowest BCUT2D eigenvalue weighted by Crippen LogP contribution is -2.31. The van der Waals surface area contributed by atoms with Crippen molar-refractivity contribution in [3.8, 4) is 0 Å². The van der Waals surface area contributed by atoms with Crippen molar-refractivity contribution in [2.75, 3.05) is 13.2 Å². The Morgan fingerprint density at radius 2 is 2.42 bits per heavy atom. The number of hydrogen-bond acceptors (Lipinski definition) is 8. The maximum absolute atomic E-state index is 12.0. The average Bonchev–Trinajstić information content (AvgIpc) is 3.27. The predicted molar refractivity (Wildman–Crippen MR) is 78.3 cm³/mol. The molecule has 128 valence electrons. The lowest BCUT2D eigenvalue weighted by atomic mass is 10.2. The maximum Gasteiger partial charge on any atom is 0.390 e. The van der Waals surface area contributed by atoms with Crippen molar-refractivity contribution in [3.63, 3.8) is 0 Å². The molecule has 2 aromatic heterocycles. The van der Waals surface area contributed by atoms with Gasteiger partial charge in [0.1, 0.15) is 6.54 Å². The van der Waals surface area contributed by atoms with Crippen LogP contribution in [0.1, 0.15) is 35.0 Å². The number of rotatable bonds is 6. The minimum absolute atomic E-state index is 0.0172. The fraction of sp³-hybridized carbons (Fsp3) is 0.538. The van der Waals surface area contributed by atoms with Crippen LogP contribution < -0.4 is 5.32 Å². The molecule has 24 heavy (non-hydrogen) atoms. The first-order chi connectivity index (χ1) is 11.5.